The topological polar surface area (TPSA) is 42.8 Å². The lowest BCUT2D eigenvalue weighted by molar-refractivity contribution is -0.885. The molecule has 23 heavy (non-hydrogen) atoms. The second-order valence-corrected chi connectivity index (χ2v) is 6.02. The predicted octanol–water partition coefficient (Wildman–Crippen LogP) is 1.97. The van der Waals surface area contributed by atoms with Crippen molar-refractivity contribution in [3.8, 4) is 5.75 Å². The van der Waals surface area contributed by atoms with Crippen molar-refractivity contribution in [2.24, 2.45) is 0 Å². The summed E-state index contributed by atoms with van der Waals surface area (Å²) in [6, 6.07) is 13.8. The molecule has 1 amide bonds. The molecular formula is C19H25N2O2+. The van der Waals surface area contributed by atoms with Crippen LogP contribution in [0.3, 0.4) is 0 Å². The van der Waals surface area contributed by atoms with Crippen LogP contribution in [0, 0.1) is 13.8 Å². The van der Waals surface area contributed by atoms with Gasteiger partial charge in [0.05, 0.1) is 14.2 Å². The van der Waals surface area contributed by atoms with E-state index in [9.17, 15) is 4.79 Å². The van der Waals surface area contributed by atoms with Crippen LogP contribution in [0.5, 0.6) is 5.75 Å². The Morgan fingerprint density at radius 3 is 2.43 bits per heavy atom. The molecule has 0 saturated carbocycles. The molecule has 0 radical (unpaired) electrons. The molecule has 2 aromatic rings. The minimum absolute atomic E-state index is 0.0115. The summed E-state index contributed by atoms with van der Waals surface area (Å²) in [5.41, 5.74) is 4.61. The number of carbonyl (C=O) groups is 1. The molecule has 2 aromatic carbocycles. The Bertz CT molecular complexity index is 666. The van der Waals surface area contributed by atoms with Crippen LogP contribution in [0.15, 0.2) is 42.5 Å². The summed E-state index contributed by atoms with van der Waals surface area (Å²) in [6.45, 7) is 5.48. The van der Waals surface area contributed by atoms with Gasteiger partial charge in [-0.2, -0.15) is 0 Å². The van der Waals surface area contributed by atoms with Gasteiger partial charge in [0.25, 0.3) is 5.91 Å². The van der Waals surface area contributed by atoms with Gasteiger partial charge in [-0.1, -0.05) is 23.8 Å². The van der Waals surface area contributed by atoms with Gasteiger partial charge >= 0.3 is 0 Å². The average molecular weight is 313 g/mol. The smallest absolute Gasteiger partial charge is 0.279 e. The summed E-state index contributed by atoms with van der Waals surface area (Å²) in [4.78, 5) is 13.3. The zero-order valence-corrected chi connectivity index (χ0v) is 14.3. The van der Waals surface area contributed by atoms with E-state index in [4.69, 9.17) is 4.74 Å². The molecule has 2 N–H and O–H groups in total. The van der Waals surface area contributed by atoms with E-state index in [1.54, 1.807) is 7.11 Å². The number of likely N-dealkylation sites (N-methyl/N-ethyl adjacent to an activating group) is 1. The van der Waals surface area contributed by atoms with Crippen LogP contribution < -0.4 is 15.0 Å². The maximum absolute atomic E-state index is 12.1. The van der Waals surface area contributed by atoms with Crippen LogP contribution in [0.4, 0.5) is 5.69 Å². The van der Waals surface area contributed by atoms with E-state index < -0.39 is 0 Å². The van der Waals surface area contributed by atoms with E-state index in [0.29, 0.717) is 6.54 Å². The second kappa shape index (κ2) is 7.79. The highest BCUT2D eigenvalue weighted by Gasteiger charge is 2.12. The van der Waals surface area contributed by atoms with Crippen LogP contribution in [0.2, 0.25) is 0 Å². The number of hydrogen-bond donors (Lipinski definition) is 2. The minimum Gasteiger partial charge on any atom is -0.497 e. The van der Waals surface area contributed by atoms with Crippen molar-refractivity contribution in [3.05, 3.63) is 59.2 Å². The highest BCUT2D eigenvalue weighted by Crippen LogP contribution is 2.14. The standard InChI is InChI=1S/C19H24N2O2/c1-14-5-6-16(15(2)11-14)12-21(3)13-19(22)20-17-7-9-18(23-4)10-8-17/h5-11H,12-13H2,1-4H3,(H,20,22)/p+1. The molecule has 0 bridgehead atoms. The third kappa shape index (κ3) is 5.11. The largest absolute Gasteiger partial charge is 0.497 e. The zero-order valence-electron chi connectivity index (χ0n) is 14.3. The number of amides is 1. The number of benzene rings is 2. The van der Waals surface area contributed by atoms with Crippen molar-refractivity contribution in [2.75, 3.05) is 26.0 Å². The SMILES string of the molecule is COc1ccc(NC(=O)C[NH+](C)Cc2ccc(C)cc2C)cc1. The summed E-state index contributed by atoms with van der Waals surface area (Å²) in [6.07, 6.45) is 0. The Kier molecular flexibility index (Phi) is 5.77. The molecule has 0 aliphatic carbocycles. The van der Waals surface area contributed by atoms with Gasteiger partial charge in [0.1, 0.15) is 12.3 Å². The Hall–Kier alpha value is -2.33. The minimum atomic E-state index is 0.0115. The van der Waals surface area contributed by atoms with E-state index in [0.717, 1.165) is 22.9 Å². The van der Waals surface area contributed by atoms with Gasteiger partial charge in [0, 0.05) is 11.3 Å². The quantitative estimate of drug-likeness (QED) is 0.856. The first kappa shape index (κ1) is 17.0. The second-order valence-electron chi connectivity index (χ2n) is 6.02. The first-order valence-electron chi connectivity index (χ1n) is 7.79. The van der Waals surface area contributed by atoms with Crippen molar-refractivity contribution >= 4 is 11.6 Å². The van der Waals surface area contributed by atoms with E-state index in [-0.39, 0.29) is 5.91 Å². The van der Waals surface area contributed by atoms with Crippen molar-refractivity contribution < 1.29 is 14.4 Å². The number of nitrogens with one attached hydrogen (secondary N) is 2. The van der Waals surface area contributed by atoms with Crippen molar-refractivity contribution in [2.45, 2.75) is 20.4 Å². The fourth-order valence-electron chi connectivity index (χ4n) is 2.59. The number of aryl methyl sites for hydroxylation is 2. The Morgan fingerprint density at radius 2 is 1.83 bits per heavy atom. The summed E-state index contributed by atoms with van der Waals surface area (Å²) < 4.78 is 5.11. The summed E-state index contributed by atoms with van der Waals surface area (Å²) in [5.74, 6) is 0.790. The van der Waals surface area contributed by atoms with Gasteiger partial charge in [-0.05, 0) is 43.7 Å². The van der Waals surface area contributed by atoms with E-state index in [1.165, 1.54) is 16.7 Å². The van der Waals surface area contributed by atoms with Crippen LogP contribution in [-0.2, 0) is 11.3 Å². The average Bonchev–Trinajstić information content (AvgIpc) is 2.50. The number of hydrogen-bond acceptors (Lipinski definition) is 2. The summed E-state index contributed by atoms with van der Waals surface area (Å²) in [5, 5.41) is 2.92. The number of methoxy groups -OCH3 is 1. The highest BCUT2D eigenvalue weighted by molar-refractivity contribution is 5.91. The van der Waals surface area contributed by atoms with E-state index in [2.05, 4.69) is 37.4 Å². The van der Waals surface area contributed by atoms with Gasteiger partial charge in [-0.3, -0.25) is 4.79 Å². The predicted molar refractivity (Wildman–Crippen MR) is 93.0 cm³/mol. The van der Waals surface area contributed by atoms with Gasteiger partial charge in [-0.25, -0.2) is 0 Å². The van der Waals surface area contributed by atoms with Crippen LogP contribution in [0.25, 0.3) is 0 Å². The van der Waals surface area contributed by atoms with Crippen LogP contribution in [-0.4, -0.2) is 26.6 Å². The molecule has 0 saturated heterocycles. The maximum Gasteiger partial charge on any atom is 0.279 e. The molecule has 0 aromatic heterocycles. The normalized spacial score (nSPS) is 11.8. The number of rotatable bonds is 6. The number of anilines is 1. The molecule has 122 valence electrons. The number of quaternary nitrogens is 1. The molecule has 0 aliphatic rings. The van der Waals surface area contributed by atoms with Gasteiger partial charge in [0.15, 0.2) is 6.54 Å². The van der Waals surface area contributed by atoms with Gasteiger partial charge in [-0.15, -0.1) is 0 Å². The van der Waals surface area contributed by atoms with Crippen molar-refractivity contribution in [3.63, 3.8) is 0 Å². The van der Waals surface area contributed by atoms with Gasteiger partial charge in [0.2, 0.25) is 0 Å². The highest BCUT2D eigenvalue weighted by atomic mass is 16.5. The summed E-state index contributed by atoms with van der Waals surface area (Å²) >= 11 is 0. The van der Waals surface area contributed by atoms with Crippen molar-refractivity contribution in [1.82, 2.24) is 0 Å². The zero-order chi connectivity index (χ0) is 16.8. The molecule has 4 nitrogen and oxygen atoms in total. The fraction of sp³-hybridized carbons (Fsp3) is 0.316. The third-order valence-corrected chi connectivity index (χ3v) is 3.83. The molecule has 0 spiro atoms. The van der Waals surface area contributed by atoms with Gasteiger partial charge < -0.3 is 15.0 Å². The fourth-order valence-corrected chi connectivity index (χ4v) is 2.59. The molecular weight excluding hydrogens is 288 g/mol. The molecule has 1 atom stereocenters. The first-order valence-corrected chi connectivity index (χ1v) is 7.79. The Morgan fingerprint density at radius 1 is 1.13 bits per heavy atom. The molecule has 0 fully saturated rings. The summed E-state index contributed by atoms with van der Waals surface area (Å²) in [7, 11) is 3.66. The number of ether oxygens (including phenoxy) is 1. The lowest BCUT2D eigenvalue weighted by Gasteiger charge is -2.15. The van der Waals surface area contributed by atoms with E-state index in [1.807, 2.05) is 31.3 Å². The molecule has 1 unspecified atom stereocenters. The molecule has 4 heteroatoms. The monoisotopic (exact) mass is 313 g/mol. The lowest BCUT2D eigenvalue weighted by atomic mass is 10.1. The van der Waals surface area contributed by atoms with Crippen LogP contribution in [0.1, 0.15) is 16.7 Å². The molecule has 0 heterocycles. The molecule has 2 rings (SSSR count). The first-order chi connectivity index (χ1) is 11.0. The van der Waals surface area contributed by atoms with E-state index >= 15 is 0 Å². The number of carbonyl (C=O) groups excluding carboxylic acids is 1. The van der Waals surface area contributed by atoms with Crippen molar-refractivity contribution in [1.29, 1.82) is 0 Å². The lowest BCUT2D eigenvalue weighted by Crippen LogP contribution is -3.08. The van der Waals surface area contributed by atoms with Crippen LogP contribution >= 0.6 is 0 Å². The Labute approximate surface area is 138 Å². The Balaban J connectivity index is 1.88. The molecule has 0 aliphatic heterocycles. The maximum atomic E-state index is 12.1. The third-order valence-electron chi connectivity index (χ3n) is 3.83.